The van der Waals surface area contributed by atoms with Crippen molar-refractivity contribution in [2.24, 2.45) is 0 Å². The first-order valence-corrected chi connectivity index (χ1v) is 9.52. The molecule has 0 saturated carbocycles. The van der Waals surface area contributed by atoms with E-state index in [1.54, 1.807) is 30.3 Å². The predicted octanol–water partition coefficient (Wildman–Crippen LogP) is 2.55. The highest BCUT2D eigenvalue weighted by Crippen LogP contribution is 2.30. The van der Waals surface area contributed by atoms with Gasteiger partial charge in [0.15, 0.2) is 0 Å². The minimum absolute atomic E-state index is 0.0333. The Morgan fingerprint density at radius 3 is 2.32 bits per heavy atom. The molecule has 1 saturated heterocycles. The van der Waals surface area contributed by atoms with Gasteiger partial charge < -0.3 is 19.6 Å². The number of nitrogens with zero attached hydrogens (tertiary/aromatic N) is 2. The van der Waals surface area contributed by atoms with E-state index in [2.05, 4.69) is 11.8 Å². The molecule has 0 aliphatic carbocycles. The minimum Gasteiger partial charge on any atom is -0.507 e. The van der Waals surface area contributed by atoms with Crippen molar-refractivity contribution >= 4 is 11.9 Å². The summed E-state index contributed by atoms with van der Waals surface area (Å²) in [6.07, 6.45) is 0.143. The molecule has 2 aromatic rings. The molecule has 1 heterocycles. The van der Waals surface area contributed by atoms with E-state index in [-0.39, 0.29) is 24.0 Å². The van der Waals surface area contributed by atoms with Crippen molar-refractivity contribution in [3.63, 3.8) is 0 Å². The number of hydrogen-bond donors (Lipinski definition) is 1. The van der Waals surface area contributed by atoms with E-state index in [1.165, 1.54) is 7.11 Å². The molecule has 0 spiro atoms. The van der Waals surface area contributed by atoms with Crippen molar-refractivity contribution in [2.75, 3.05) is 39.8 Å². The van der Waals surface area contributed by atoms with Crippen LogP contribution in [0.4, 0.5) is 0 Å². The number of benzene rings is 2. The van der Waals surface area contributed by atoms with Crippen LogP contribution < -0.4 is 0 Å². The highest BCUT2D eigenvalue weighted by molar-refractivity contribution is 5.95. The maximum absolute atomic E-state index is 12.7. The molecule has 148 valence electrons. The molecule has 6 nitrogen and oxygen atoms in total. The molecule has 0 aromatic heterocycles. The van der Waals surface area contributed by atoms with Gasteiger partial charge in [0.2, 0.25) is 0 Å². The van der Waals surface area contributed by atoms with Crippen molar-refractivity contribution in [3.8, 4) is 16.9 Å². The highest BCUT2D eigenvalue weighted by Gasteiger charge is 2.21. The lowest BCUT2D eigenvalue weighted by atomic mass is 9.99. The third-order valence-electron chi connectivity index (χ3n) is 5.19. The number of esters is 1. The lowest BCUT2D eigenvalue weighted by Gasteiger charge is -2.34. The van der Waals surface area contributed by atoms with Crippen LogP contribution in [0.1, 0.15) is 22.8 Å². The SMILES string of the molecule is CCN1CCN(C(=O)c2ccc(-c3cc(CC(=O)OC)ccc3O)cc2)CC1. The number of likely N-dealkylation sites (N-methyl/N-ethyl adjacent to an activating group) is 1. The molecule has 1 N–H and O–H groups in total. The molecule has 1 amide bonds. The Labute approximate surface area is 165 Å². The average Bonchev–Trinajstić information content (AvgIpc) is 2.74. The van der Waals surface area contributed by atoms with Gasteiger partial charge in [0.25, 0.3) is 5.91 Å². The summed E-state index contributed by atoms with van der Waals surface area (Å²) in [5, 5.41) is 10.2. The second kappa shape index (κ2) is 8.89. The molecule has 0 unspecified atom stereocenters. The number of ether oxygens (including phenoxy) is 1. The Morgan fingerprint density at radius 2 is 1.71 bits per heavy atom. The number of hydrogen-bond acceptors (Lipinski definition) is 5. The van der Waals surface area contributed by atoms with E-state index in [0.29, 0.717) is 11.1 Å². The summed E-state index contributed by atoms with van der Waals surface area (Å²) < 4.78 is 4.70. The van der Waals surface area contributed by atoms with Gasteiger partial charge in [0.1, 0.15) is 5.75 Å². The molecule has 1 aliphatic rings. The third kappa shape index (κ3) is 4.51. The van der Waals surface area contributed by atoms with Gasteiger partial charge in [-0.15, -0.1) is 0 Å². The molecular formula is C22H26N2O4. The zero-order valence-electron chi connectivity index (χ0n) is 16.4. The number of piperazine rings is 1. The molecule has 0 radical (unpaired) electrons. The van der Waals surface area contributed by atoms with Crippen LogP contribution in [0.3, 0.4) is 0 Å². The average molecular weight is 382 g/mol. The molecule has 6 heteroatoms. The van der Waals surface area contributed by atoms with Crippen LogP contribution >= 0.6 is 0 Å². The summed E-state index contributed by atoms with van der Waals surface area (Å²) in [6.45, 7) is 6.43. The standard InChI is InChI=1S/C22H26N2O4/c1-3-23-10-12-24(13-11-23)22(27)18-7-5-17(6-8-18)19-14-16(4-9-20(19)25)15-21(26)28-2/h4-9,14,25H,3,10-13,15H2,1-2H3. The Hall–Kier alpha value is -2.86. The second-order valence-corrected chi connectivity index (χ2v) is 6.91. The monoisotopic (exact) mass is 382 g/mol. The van der Waals surface area contributed by atoms with Gasteiger partial charge in [-0.2, -0.15) is 0 Å². The highest BCUT2D eigenvalue weighted by atomic mass is 16.5. The van der Waals surface area contributed by atoms with Gasteiger partial charge >= 0.3 is 5.97 Å². The van der Waals surface area contributed by atoms with E-state index in [1.807, 2.05) is 17.0 Å². The number of amides is 1. The number of methoxy groups -OCH3 is 1. The molecule has 3 rings (SSSR count). The van der Waals surface area contributed by atoms with Crippen LogP contribution in [0.5, 0.6) is 5.75 Å². The summed E-state index contributed by atoms with van der Waals surface area (Å²) in [6, 6.07) is 12.3. The summed E-state index contributed by atoms with van der Waals surface area (Å²) in [7, 11) is 1.35. The number of aromatic hydroxyl groups is 1. The minimum atomic E-state index is -0.333. The van der Waals surface area contributed by atoms with E-state index in [0.717, 1.165) is 43.9 Å². The largest absolute Gasteiger partial charge is 0.507 e. The zero-order valence-corrected chi connectivity index (χ0v) is 16.4. The van der Waals surface area contributed by atoms with Crippen molar-refractivity contribution in [1.82, 2.24) is 9.80 Å². The quantitative estimate of drug-likeness (QED) is 0.805. The maximum Gasteiger partial charge on any atom is 0.309 e. The van der Waals surface area contributed by atoms with Gasteiger partial charge in [-0.3, -0.25) is 9.59 Å². The fourth-order valence-corrected chi connectivity index (χ4v) is 3.41. The van der Waals surface area contributed by atoms with Gasteiger partial charge in [-0.25, -0.2) is 0 Å². The van der Waals surface area contributed by atoms with E-state index in [4.69, 9.17) is 4.74 Å². The van der Waals surface area contributed by atoms with Gasteiger partial charge in [0, 0.05) is 37.3 Å². The van der Waals surface area contributed by atoms with Crippen molar-refractivity contribution in [1.29, 1.82) is 0 Å². The predicted molar refractivity (Wildman–Crippen MR) is 107 cm³/mol. The lowest BCUT2D eigenvalue weighted by Crippen LogP contribution is -2.48. The Balaban J connectivity index is 1.74. The molecule has 1 fully saturated rings. The van der Waals surface area contributed by atoms with Gasteiger partial charge in [0.05, 0.1) is 13.5 Å². The number of carbonyl (C=O) groups is 2. The van der Waals surface area contributed by atoms with E-state index < -0.39 is 0 Å². The van der Waals surface area contributed by atoms with Crippen LogP contribution in [-0.4, -0.2) is 66.6 Å². The molecule has 28 heavy (non-hydrogen) atoms. The molecule has 2 aromatic carbocycles. The summed E-state index contributed by atoms with van der Waals surface area (Å²) in [4.78, 5) is 28.4. The Bertz CT molecular complexity index is 840. The Morgan fingerprint density at radius 1 is 1.04 bits per heavy atom. The lowest BCUT2D eigenvalue weighted by molar-refractivity contribution is -0.139. The molecule has 0 bridgehead atoms. The molecule has 1 aliphatic heterocycles. The normalized spacial score (nSPS) is 14.7. The number of phenols is 1. The van der Waals surface area contributed by atoms with Gasteiger partial charge in [-0.1, -0.05) is 25.1 Å². The smallest absolute Gasteiger partial charge is 0.309 e. The number of carbonyl (C=O) groups excluding carboxylic acids is 2. The van der Waals surface area contributed by atoms with E-state index >= 15 is 0 Å². The van der Waals surface area contributed by atoms with Crippen LogP contribution in [0.2, 0.25) is 0 Å². The van der Waals surface area contributed by atoms with Crippen LogP contribution in [0.15, 0.2) is 42.5 Å². The number of phenolic OH excluding ortho intramolecular Hbond substituents is 1. The van der Waals surface area contributed by atoms with Crippen molar-refractivity contribution < 1.29 is 19.4 Å². The first-order valence-electron chi connectivity index (χ1n) is 9.52. The van der Waals surface area contributed by atoms with Crippen LogP contribution in [0.25, 0.3) is 11.1 Å². The first kappa shape index (κ1) is 19.9. The molecule has 0 atom stereocenters. The first-order chi connectivity index (χ1) is 13.5. The maximum atomic E-state index is 12.7. The topological polar surface area (TPSA) is 70.1 Å². The molecular weight excluding hydrogens is 356 g/mol. The summed E-state index contributed by atoms with van der Waals surface area (Å²) in [5.41, 5.74) is 2.81. The van der Waals surface area contributed by atoms with Crippen molar-refractivity contribution in [2.45, 2.75) is 13.3 Å². The fourth-order valence-electron chi connectivity index (χ4n) is 3.41. The van der Waals surface area contributed by atoms with Crippen LogP contribution in [-0.2, 0) is 16.0 Å². The van der Waals surface area contributed by atoms with Crippen LogP contribution in [0, 0.1) is 0 Å². The summed E-state index contributed by atoms with van der Waals surface area (Å²) >= 11 is 0. The van der Waals surface area contributed by atoms with Gasteiger partial charge in [-0.05, 0) is 41.9 Å². The summed E-state index contributed by atoms with van der Waals surface area (Å²) in [5.74, 6) is -0.171. The zero-order chi connectivity index (χ0) is 20.1. The van der Waals surface area contributed by atoms with E-state index in [9.17, 15) is 14.7 Å². The fraction of sp³-hybridized carbons (Fsp3) is 0.364. The number of rotatable bonds is 5. The Kier molecular flexibility index (Phi) is 6.31. The third-order valence-corrected chi connectivity index (χ3v) is 5.19. The second-order valence-electron chi connectivity index (χ2n) is 6.91. The van der Waals surface area contributed by atoms with Crippen molar-refractivity contribution in [3.05, 3.63) is 53.6 Å².